The molecule has 4 heteroatoms. The Labute approximate surface area is 83.7 Å². The maximum atomic E-state index is 10.8. The number of carbonyl (C=O) groups excluding carboxylic acids is 1. The second kappa shape index (κ2) is 3.82. The number of rotatable bonds is 0. The molecule has 0 spiro atoms. The first kappa shape index (κ1) is 9.24. The van der Waals surface area contributed by atoms with E-state index in [-0.39, 0.29) is 5.91 Å². The molecule has 2 aliphatic heterocycles. The second-order valence-electron chi connectivity index (χ2n) is 3.90. The Kier molecular flexibility index (Phi) is 2.52. The van der Waals surface area contributed by atoms with Gasteiger partial charge >= 0.3 is 0 Å². The molecule has 2 heterocycles. The van der Waals surface area contributed by atoms with E-state index in [1.807, 2.05) is 0 Å². The van der Waals surface area contributed by atoms with Crippen molar-refractivity contribution in [3.63, 3.8) is 0 Å². The van der Waals surface area contributed by atoms with Crippen molar-refractivity contribution >= 4 is 11.7 Å². The lowest BCUT2D eigenvalue weighted by Crippen LogP contribution is -2.38. The highest BCUT2D eigenvalue weighted by Crippen LogP contribution is 2.16. The third-order valence-electron chi connectivity index (χ3n) is 2.73. The van der Waals surface area contributed by atoms with Crippen molar-refractivity contribution in [3.8, 4) is 0 Å². The summed E-state index contributed by atoms with van der Waals surface area (Å²) in [7, 11) is 0. The maximum Gasteiger partial charge on any atom is 0.288 e. The summed E-state index contributed by atoms with van der Waals surface area (Å²) in [4.78, 5) is 13.0. The largest absolute Gasteiger partial charge is 0.355 e. The van der Waals surface area contributed by atoms with E-state index < -0.39 is 0 Å². The molecule has 1 fully saturated rings. The number of hydrogen-bond acceptors (Lipinski definition) is 3. The number of likely N-dealkylation sites (tertiary alicyclic amines) is 1. The van der Waals surface area contributed by atoms with Crippen molar-refractivity contribution in [3.05, 3.63) is 12.2 Å². The van der Waals surface area contributed by atoms with E-state index in [0.29, 0.717) is 0 Å². The number of amidine groups is 1. The fourth-order valence-corrected chi connectivity index (χ4v) is 1.72. The van der Waals surface area contributed by atoms with Gasteiger partial charge in [-0.2, -0.15) is 0 Å². The van der Waals surface area contributed by atoms with Gasteiger partial charge in [-0.05, 0) is 24.8 Å². The molecule has 4 nitrogen and oxygen atoms in total. The minimum atomic E-state index is -0.265. The van der Waals surface area contributed by atoms with Crippen molar-refractivity contribution < 1.29 is 4.79 Å². The van der Waals surface area contributed by atoms with Crippen LogP contribution in [0.2, 0.25) is 0 Å². The van der Waals surface area contributed by atoms with Crippen LogP contribution in [0.5, 0.6) is 0 Å². The highest BCUT2D eigenvalue weighted by Gasteiger charge is 2.19. The zero-order valence-corrected chi connectivity index (χ0v) is 8.31. The minimum Gasteiger partial charge on any atom is -0.355 e. The zero-order chi connectivity index (χ0) is 9.97. The zero-order valence-electron chi connectivity index (χ0n) is 8.31. The molecule has 0 unspecified atom stereocenters. The van der Waals surface area contributed by atoms with Crippen LogP contribution in [0.3, 0.4) is 0 Å². The van der Waals surface area contributed by atoms with E-state index in [9.17, 15) is 4.79 Å². The molecular formula is C10H14N3O. The Hall–Kier alpha value is -1.32. The topological polar surface area (TPSA) is 46.8 Å². The molecule has 1 saturated heterocycles. The molecule has 0 bridgehead atoms. The summed E-state index contributed by atoms with van der Waals surface area (Å²) in [5, 5.41) is 3.89. The van der Waals surface area contributed by atoms with Gasteiger partial charge in [0, 0.05) is 19.2 Å². The van der Waals surface area contributed by atoms with Crippen molar-refractivity contribution in [2.24, 2.45) is 11.0 Å². The first-order valence-electron chi connectivity index (χ1n) is 5.01. The van der Waals surface area contributed by atoms with E-state index in [4.69, 9.17) is 0 Å². The van der Waals surface area contributed by atoms with Gasteiger partial charge in [0.1, 0.15) is 0 Å². The number of amides is 1. The van der Waals surface area contributed by atoms with Crippen LogP contribution in [0.1, 0.15) is 19.8 Å². The molecule has 2 aliphatic rings. The van der Waals surface area contributed by atoms with E-state index in [1.165, 1.54) is 18.9 Å². The molecule has 0 aliphatic carbocycles. The summed E-state index contributed by atoms with van der Waals surface area (Å²) in [5.74, 6) is 1.37. The van der Waals surface area contributed by atoms with E-state index in [1.54, 1.807) is 6.08 Å². The van der Waals surface area contributed by atoms with Gasteiger partial charge in [0.15, 0.2) is 5.84 Å². The van der Waals surface area contributed by atoms with Gasteiger partial charge in [0.2, 0.25) is 0 Å². The number of nitrogens with zero attached hydrogens (tertiary/aromatic N) is 3. The van der Waals surface area contributed by atoms with Crippen LogP contribution in [-0.2, 0) is 4.79 Å². The predicted molar refractivity (Wildman–Crippen MR) is 53.7 cm³/mol. The molecule has 14 heavy (non-hydrogen) atoms. The van der Waals surface area contributed by atoms with E-state index >= 15 is 0 Å². The van der Waals surface area contributed by atoms with Crippen LogP contribution in [0.15, 0.2) is 17.3 Å². The van der Waals surface area contributed by atoms with Crippen LogP contribution >= 0.6 is 0 Å². The van der Waals surface area contributed by atoms with Crippen molar-refractivity contribution in [2.45, 2.75) is 19.8 Å². The van der Waals surface area contributed by atoms with E-state index in [0.717, 1.165) is 24.8 Å². The Morgan fingerprint density at radius 3 is 2.64 bits per heavy atom. The van der Waals surface area contributed by atoms with Crippen LogP contribution in [0.25, 0.3) is 0 Å². The standard InChI is InChI=1S/C10H14N3O/c1-8-4-6-13(7-5-8)9-2-3-10(14)12-11-9/h2-3,8H,4-7H2,1H3. The summed E-state index contributed by atoms with van der Waals surface area (Å²) < 4.78 is 0. The van der Waals surface area contributed by atoms with Crippen LogP contribution in [0, 0.1) is 5.92 Å². The molecule has 75 valence electrons. The van der Waals surface area contributed by atoms with Crippen LogP contribution in [0.4, 0.5) is 0 Å². The molecule has 0 N–H and O–H groups in total. The first-order valence-corrected chi connectivity index (χ1v) is 5.01. The highest BCUT2D eigenvalue weighted by atomic mass is 16.2. The van der Waals surface area contributed by atoms with Gasteiger partial charge in [-0.1, -0.05) is 6.92 Å². The number of piperidine rings is 1. The fourth-order valence-electron chi connectivity index (χ4n) is 1.72. The molecular weight excluding hydrogens is 178 g/mol. The molecule has 0 aromatic carbocycles. The SMILES string of the molecule is CC1CCN(C2=N[N]C(=O)C=C2)CC1. The van der Waals surface area contributed by atoms with E-state index in [2.05, 4.69) is 22.4 Å². The third kappa shape index (κ3) is 1.95. The second-order valence-corrected chi connectivity index (χ2v) is 3.90. The Balaban J connectivity index is 1.96. The number of hydrogen-bond donors (Lipinski definition) is 0. The van der Waals surface area contributed by atoms with Gasteiger partial charge < -0.3 is 4.90 Å². The van der Waals surface area contributed by atoms with Crippen molar-refractivity contribution in [2.75, 3.05) is 13.1 Å². The molecule has 0 aromatic rings. The summed E-state index contributed by atoms with van der Waals surface area (Å²) >= 11 is 0. The van der Waals surface area contributed by atoms with Gasteiger partial charge in [-0.15, -0.1) is 10.5 Å². The minimum absolute atomic E-state index is 0.265. The fraction of sp³-hybridized carbons (Fsp3) is 0.600. The maximum absolute atomic E-state index is 10.8. The normalized spacial score (nSPS) is 23.4. The Morgan fingerprint density at radius 2 is 2.07 bits per heavy atom. The van der Waals surface area contributed by atoms with Gasteiger partial charge in [-0.3, -0.25) is 4.79 Å². The molecule has 1 radical (unpaired) electrons. The monoisotopic (exact) mass is 192 g/mol. The van der Waals surface area contributed by atoms with Gasteiger partial charge in [-0.25, -0.2) is 0 Å². The summed E-state index contributed by atoms with van der Waals surface area (Å²) in [5.41, 5.74) is 3.53. The summed E-state index contributed by atoms with van der Waals surface area (Å²) in [6.45, 7) is 4.31. The van der Waals surface area contributed by atoms with Crippen molar-refractivity contribution in [1.29, 1.82) is 0 Å². The lowest BCUT2D eigenvalue weighted by Gasteiger charge is -2.31. The van der Waals surface area contributed by atoms with Gasteiger partial charge in [0.25, 0.3) is 5.91 Å². The first-order chi connectivity index (χ1) is 6.75. The van der Waals surface area contributed by atoms with Crippen LogP contribution < -0.4 is 5.43 Å². The molecule has 0 atom stereocenters. The lowest BCUT2D eigenvalue weighted by molar-refractivity contribution is -0.116. The lowest BCUT2D eigenvalue weighted by atomic mass is 9.99. The Bertz CT molecular complexity index is 288. The molecule has 0 saturated carbocycles. The highest BCUT2D eigenvalue weighted by molar-refractivity contribution is 6.02. The summed E-state index contributed by atoms with van der Waals surface area (Å²) in [6.07, 6.45) is 5.62. The predicted octanol–water partition coefficient (Wildman–Crippen LogP) is 0.733. The molecule has 2 rings (SSSR count). The van der Waals surface area contributed by atoms with Gasteiger partial charge in [0.05, 0.1) is 0 Å². The average Bonchev–Trinajstić information content (AvgIpc) is 2.21. The Morgan fingerprint density at radius 1 is 1.36 bits per heavy atom. The average molecular weight is 192 g/mol. The third-order valence-corrected chi connectivity index (χ3v) is 2.73. The van der Waals surface area contributed by atoms with Crippen molar-refractivity contribution in [1.82, 2.24) is 10.3 Å². The van der Waals surface area contributed by atoms with Crippen LogP contribution in [-0.4, -0.2) is 29.7 Å². The molecule has 1 amide bonds. The molecule has 0 aromatic heterocycles. The summed E-state index contributed by atoms with van der Waals surface area (Å²) in [6, 6.07) is 0. The number of carbonyl (C=O) groups is 1. The smallest absolute Gasteiger partial charge is 0.288 e. The quantitative estimate of drug-likeness (QED) is 0.568.